The molecule has 438 valence electrons. The molecular weight excluding hydrogens is 987 g/mol. The monoisotopic (exact) mass is 1090 g/mol. The van der Waals surface area contributed by atoms with Crippen LogP contribution in [0.25, 0.3) is 0 Å². The molecule has 0 radical (unpaired) electrons. The SMILES string of the molecule is CC(C)(C)c1ccc(CN2CCOCC2)cc1.CC(C)(C)c1ccc(Cn2cccn2)cc1.CC(C)(C)c1ccc(OCCO)cc1.CC(C)(C)c1cccc(CN2CCNCC2)c1.CC(C)(C)c1cccc(N2CCNCC2)c1. The van der Waals surface area contributed by atoms with Crippen molar-refractivity contribution in [2.24, 2.45) is 0 Å². The van der Waals surface area contributed by atoms with E-state index >= 15 is 0 Å². The Labute approximate surface area is 485 Å². The summed E-state index contributed by atoms with van der Waals surface area (Å²) in [5, 5.41) is 19.6. The number of anilines is 1. The highest BCUT2D eigenvalue weighted by Crippen LogP contribution is 2.28. The zero-order chi connectivity index (χ0) is 58.4. The molecule has 3 fully saturated rings. The smallest absolute Gasteiger partial charge is 0.119 e. The van der Waals surface area contributed by atoms with Crippen molar-refractivity contribution in [3.63, 3.8) is 0 Å². The van der Waals surface area contributed by atoms with E-state index in [4.69, 9.17) is 14.6 Å². The van der Waals surface area contributed by atoms with E-state index in [-0.39, 0.29) is 33.7 Å². The number of nitrogens with zero attached hydrogens (tertiary/aromatic N) is 5. The van der Waals surface area contributed by atoms with Crippen LogP contribution in [0.3, 0.4) is 0 Å². The summed E-state index contributed by atoms with van der Waals surface area (Å²) in [6.45, 7) is 49.9. The van der Waals surface area contributed by atoms with Crippen molar-refractivity contribution in [1.82, 2.24) is 30.2 Å². The molecule has 5 aromatic carbocycles. The van der Waals surface area contributed by atoms with Gasteiger partial charge in [0, 0.05) is 96.6 Å². The highest BCUT2D eigenvalue weighted by Gasteiger charge is 2.19. The van der Waals surface area contributed by atoms with Gasteiger partial charge < -0.3 is 30.1 Å². The fourth-order valence-corrected chi connectivity index (χ4v) is 9.39. The van der Waals surface area contributed by atoms with E-state index < -0.39 is 0 Å². The fourth-order valence-electron chi connectivity index (χ4n) is 9.39. The Bertz CT molecular complexity index is 2610. The van der Waals surface area contributed by atoms with Gasteiger partial charge in [-0.25, -0.2) is 0 Å². The van der Waals surface area contributed by atoms with Crippen LogP contribution in [0.5, 0.6) is 5.75 Å². The Hall–Kier alpha value is -5.33. The van der Waals surface area contributed by atoms with Gasteiger partial charge in [0.2, 0.25) is 0 Å². The van der Waals surface area contributed by atoms with Gasteiger partial charge in [-0.05, 0) is 102 Å². The second-order valence-electron chi connectivity index (χ2n) is 26.8. The minimum atomic E-state index is 0.0566. The summed E-state index contributed by atoms with van der Waals surface area (Å²) in [4.78, 5) is 7.44. The maximum Gasteiger partial charge on any atom is 0.119 e. The van der Waals surface area contributed by atoms with E-state index in [1.807, 2.05) is 35.3 Å². The predicted molar refractivity (Wildman–Crippen MR) is 339 cm³/mol. The van der Waals surface area contributed by atoms with Gasteiger partial charge in [0.25, 0.3) is 0 Å². The Morgan fingerprint density at radius 2 is 0.900 bits per heavy atom. The maximum absolute atomic E-state index is 8.59. The molecule has 80 heavy (non-hydrogen) atoms. The molecule has 10 nitrogen and oxygen atoms in total. The van der Waals surface area contributed by atoms with Gasteiger partial charge in [-0.15, -0.1) is 0 Å². The number of morpholine rings is 1. The lowest BCUT2D eigenvalue weighted by Crippen LogP contribution is -2.43. The molecule has 0 bridgehead atoms. The number of aliphatic hydroxyl groups excluding tert-OH is 1. The van der Waals surface area contributed by atoms with E-state index in [0.717, 1.165) is 91.0 Å². The van der Waals surface area contributed by atoms with Gasteiger partial charge in [0.1, 0.15) is 12.4 Å². The Kier molecular flexibility index (Phi) is 25.5. The number of aliphatic hydroxyl groups is 1. The summed E-state index contributed by atoms with van der Waals surface area (Å²) in [6.07, 6.45) is 3.79. The van der Waals surface area contributed by atoms with E-state index in [1.54, 1.807) is 0 Å². The highest BCUT2D eigenvalue weighted by molar-refractivity contribution is 5.50. The first kappa shape index (κ1) is 65.5. The fraction of sp³-hybridized carbons (Fsp3) is 0.529. The van der Waals surface area contributed by atoms with Crippen LogP contribution >= 0.6 is 0 Å². The predicted octanol–water partition coefficient (Wildman–Crippen LogP) is 13.2. The van der Waals surface area contributed by atoms with Gasteiger partial charge in [-0.3, -0.25) is 14.5 Å². The van der Waals surface area contributed by atoms with E-state index in [1.165, 1.54) is 63.3 Å². The summed E-state index contributed by atoms with van der Waals surface area (Å²) in [6, 6.07) is 45.8. The van der Waals surface area contributed by atoms with Crippen molar-refractivity contribution in [2.45, 2.75) is 151 Å². The molecule has 0 saturated carbocycles. The summed E-state index contributed by atoms with van der Waals surface area (Å²) in [5.41, 5.74) is 13.6. The van der Waals surface area contributed by atoms with Crippen LogP contribution in [0, 0.1) is 0 Å². The molecule has 0 aliphatic carbocycles. The van der Waals surface area contributed by atoms with E-state index in [2.05, 4.69) is 243 Å². The molecule has 3 aliphatic rings. The van der Waals surface area contributed by atoms with Gasteiger partial charge in [-0.2, -0.15) is 5.10 Å². The third-order valence-corrected chi connectivity index (χ3v) is 14.7. The lowest BCUT2D eigenvalue weighted by molar-refractivity contribution is 0.0342. The Balaban J connectivity index is 0.000000184. The van der Waals surface area contributed by atoms with Crippen molar-refractivity contribution in [3.8, 4) is 5.75 Å². The standard InChI is InChI=1S/C15H24N2.C15H23NO.C14H18N2.C14H22N2.C12H18O2/c1-15(2,3)14-6-4-5-13(11-14)12-17-9-7-16-8-10-17;1-15(2,3)14-6-4-13(5-7-14)12-16-8-10-17-11-9-16;1-14(2,3)13-7-5-12(6-8-13)11-16-10-4-9-15-16;1-14(2,3)12-5-4-6-13(11-12)16-9-7-15-8-10-16;1-12(2,3)10-4-6-11(7-5-10)14-9-8-13/h4-6,11,16H,7-10,12H2,1-3H3;4-7H,8-12H2,1-3H3;4-10H,11H2,1-3H3;4-6,11,15H,7-10H2,1-3H3;4-7,13H,8-9H2,1-3H3. The Morgan fingerprint density at radius 3 is 1.38 bits per heavy atom. The molecular formula is C70H105N7O3. The zero-order valence-electron chi connectivity index (χ0n) is 52.3. The second-order valence-corrected chi connectivity index (χ2v) is 26.8. The molecule has 9 rings (SSSR count). The summed E-state index contributed by atoms with van der Waals surface area (Å²) in [7, 11) is 0. The van der Waals surface area contributed by atoms with Gasteiger partial charge >= 0.3 is 0 Å². The van der Waals surface area contributed by atoms with Crippen LogP contribution in [0.2, 0.25) is 0 Å². The summed E-state index contributed by atoms with van der Waals surface area (Å²) in [5.74, 6) is 0.812. The lowest BCUT2D eigenvalue weighted by Gasteiger charge is -2.30. The molecule has 3 N–H and O–H groups in total. The van der Waals surface area contributed by atoms with Crippen molar-refractivity contribution in [2.75, 3.05) is 96.8 Å². The number of hydrogen-bond acceptors (Lipinski definition) is 9. The quantitative estimate of drug-likeness (QED) is 0.124. The molecule has 6 aromatic rings. The molecule has 4 heterocycles. The van der Waals surface area contributed by atoms with Crippen LogP contribution < -0.4 is 20.3 Å². The van der Waals surface area contributed by atoms with Crippen LogP contribution in [-0.4, -0.2) is 117 Å². The third kappa shape index (κ3) is 23.6. The van der Waals surface area contributed by atoms with Crippen molar-refractivity contribution in [1.29, 1.82) is 0 Å². The zero-order valence-corrected chi connectivity index (χ0v) is 52.3. The van der Waals surface area contributed by atoms with E-state index in [0.29, 0.717) is 6.61 Å². The molecule has 3 saturated heterocycles. The number of hydrogen-bond donors (Lipinski definition) is 3. The minimum Gasteiger partial charge on any atom is -0.491 e. The van der Waals surface area contributed by atoms with Gasteiger partial charge in [-0.1, -0.05) is 201 Å². The molecule has 0 amide bonds. The first-order valence-corrected chi connectivity index (χ1v) is 29.7. The van der Waals surface area contributed by atoms with Gasteiger partial charge in [0.05, 0.1) is 26.4 Å². The van der Waals surface area contributed by atoms with Crippen LogP contribution in [0.15, 0.2) is 140 Å². The van der Waals surface area contributed by atoms with Crippen molar-refractivity contribution in [3.05, 3.63) is 184 Å². The van der Waals surface area contributed by atoms with Crippen LogP contribution in [0.1, 0.15) is 148 Å². The minimum absolute atomic E-state index is 0.0566. The lowest BCUT2D eigenvalue weighted by atomic mass is 9.86. The largest absolute Gasteiger partial charge is 0.491 e. The third-order valence-electron chi connectivity index (χ3n) is 14.7. The maximum atomic E-state index is 8.59. The number of benzene rings is 5. The van der Waals surface area contributed by atoms with Crippen LogP contribution in [-0.2, 0) is 51.4 Å². The number of ether oxygens (including phenoxy) is 2. The van der Waals surface area contributed by atoms with Crippen molar-refractivity contribution < 1.29 is 14.6 Å². The molecule has 0 atom stereocenters. The molecule has 1 aromatic heterocycles. The molecule has 3 aliphatic heterocycles. The first-order valence-electron chi connectivity index (χ1n) is 29.7. The van der Waals surface area contributed by atoms with Gasteiger partial charge in [0.15, 0.2) is 0 Å². The average molecular weight is 1090 g/mol. The topological polar surface area (TPSA) is 90.3 Å². The second kappa shape index (κ2) is 31.2. The average Bonchev–Trinajstić information content (AvgIpc) is 3.95. The Morgan fingerprint density at radius 1 is 0.463 bits per heavy atom. The number of rotatable bonds is 10. The van der Waals surface area contributed by atoms with Crippen molar-refractivity contribution >= 4 is 5.69 Å². The number of aromatic nitrogens is 2. The number of piperazine rings is 2. The normalized spacial score (nSPS) is 15.6. The molecule has 10 heteroatoms. The molecule has 0 spiro atoms. The van der Waals surface area contributed by atoms with Crippen LogP contribution in [0.4, 0.5) is 5.69 Å². The summed E-state index contributed by atoms with van der Waals surface area (Å²) < 4.78 is 12.6. The number of nitrogens with one attached hydrogen (secondary N) is 2. The molecule has 0 unspecified atom stereocenters. The summed E-state index contributed by atoms with van der Waals surface area (Å²) >= 11 is 0. The first-order chi connectivity index (χ1) is 37.8. The highest BCUT2D eigenvalue weighted by atomic mass is 16.5. The van der Waals surface area contributed by atoms with E-state index in [9.17, 15) is 0 Å².